The van der Waals surface area contributed by atoms with E-state index in [0.717, 1.165) is 11.1 Å². The molecule has 31 heavy (non-hydrogen) atoms. The minimum atomic E-state index is -0.909. The number of benzene rings is 3. The summed E-state index contributed by atoms with van der Waals surface area (Å²) in [4.78, 5) is 12.8. The minimum Gasteiger partial charge on any atom is -0.485 e. The predicted octanol–water partition coefficient (Wildman–Crippen LogP) is 4.38. The molecule has 0 radical (unpaired) electrons. The summed E-state index contributed by atoms with van der Waals surface area (Å²) in [5.41, 5.74) is 2.15. The van der Waals surface area contributed by atoms with E-state index < -0.39 is 11.9 Å². The van der Waals surface area contributed by atoms with Crippen LogP contribution in [0.1, 0.15) is 27.9 Å². The van der Waals surface area contributed by atoms with Crippen LogP contribution in [0.25, 0.3) is 0 Å². The number of carbonyl (C=O) groups is 1. The second-order valence-electron chi connectivity index (χ2n) is 6.70. The fourth-order valence-corrected chi connectivity index (χ4v) is 2.88. The Labute approximate surface area is 181 Å². The summed E-state index contributed by atoms with van der Waals surface area (Å²) >= 11 is 0. The van der Waals surface area contributed by atoms with Crippen LogP contribution in [0.4, 0.5) is 0 Å². The smallest absolute Gasteiger partial charge is 0.256 e. The molecular weight excluding hydrogens is 390 g/mol. The summed E-state index contributed by atoms with van der Waals surface area (Å²) in [5, 5.41) is 20.6. The average Bonchev–Trinajstić information content (AvgIpc) is 2.82. The van der Waals surface area contributed by atoms with E-state index in [9.17, 15) is 4.79 Å². The molecule has 3 aromatic rings. The third kappa shape index (κ3) is 6.09. The average molecular weight is 411 g/mol. The summed E-state index contributed by atoms with van der Waals surface area (Å²) in [6, 6.07) is 27.2. The number of carbonyl (C=O) groups excluding carboxylic acids is 1. The molecular formula is C25H21N3O3. The molecule has 154 valence electrons. The first kappa shape index (κ1) is 21.4. The van der Waals surface area contributed by atoms with Gasteiger partial charge in [-0.25, -0.2) is 0 Å². The van der Waals surface area contributed by atoms with Gasteiger partial charge in [-0.3, -0.25) is 4.79 Å². The number of nitrogens with zero attached hydrogens (tertiary/aromatic N) is 2. The van der Waals surface area contributed by atoms with Crippen LogP contribution in [0.2, 0.25) is 0 Å². The van der Waals surface area contributed by atoms with Gasteiger partial charge in [-0.15, -0.1) is 0 Å². The Balaban J connectivity index is 1.86. The Kier molecular flexibility index (Phi) is 7.63. The zero-order valence-corrected chi connectivity index (χ0v) is 16.8. The van der Waals surface area contributed by atoms with Gasteiger partial charge in [0, 0.05) is 0 Å². The largest absolute Gasteiger partial charge is 0.485 e. The van der Waals surface area contributed by atoms with Crippen molar-refractivity contribution in [3.63, 3.8) is 0 Å². The van der Waals surface area contributed by atoms with Gasteiger partial charge < -0.3 is 14.8 Å². The summed E-state index contributed by atoms with van der Waals surface area (Å²) in [5.74, 6) is 0.199. The van der Waals surface area contributed by atoms with Crippen molar-refractivity contribution < 1.29 is 14.3 Å². The standard InChI is InChI=1S/C25H21N3O3/c26-15-14-21(16-27)28-25(29)22-12-7-13-23(30-17-19-8-3-1-4-9-19)24(22)31-18-20-10-5-2-6-11-20/h1-13,21H,14,17-18H2,(H,28,29). The van der Waals surface area contributed by atoms with Crippen molar-refractivity contribution in [1.82, 2.24) is 5.32 Å². The molecule has 1 atom stereocenters. The van der Waals surface area contributed by atoms with Gasteiger partial charge in [0.25, 0.3) is 5.91 Å². The van der Waals surface area contributed by atoms with Crippen molar-refractivity contribution in [3.8, 4) is 23.6 Å². The van der Waals surface area contributed by atoms with Gasteiger partial charge in [-0.2, -0.15) is 10.5 Å². The van der Waals surface area contributed by atoms with E-state index in [4.69, 9.17) is 20.0 Å². The Morgan fingerprint density at radius 2 is 1.45 bits per heavy atom. The molecule has 6 heteroatoms. The molecule has 0 saturated carbocycles. The fraction of sp³-hybridized carbons (Fsp3) is 0.160. The molecule has 0 bridgehead atoms. The molecule has 0 saturated heterocycles. The van der Waals surface area contributed by atoms with E-state index in [0.29, 0.717) is 12.4 Å². The van der Waals surface area contributed by atoms with Crippen molar-refractivity contribution in [2.45, 2.75) is 25.7 Å². The SMILES string of the molecule is N#CCC(C#N)NC(=O)c1cccc(OCc2ccccc2)c1OCc1ccccc1. The van der Waals surface area contributed by atoms with Gasteiger partial charge in [-0.05, 0) is 23.3 Å². The lowest BCUT2D eigenvalue weighted by Gasteiger charge is -2.17. The lowest BCUT2D eigenvalue weighted by molar-refractivity contribution is 0.0940. The Bertz CT molecular complexity index is 1090. The van der Waals surface area contributed by atoms with Crippen LogP contribution < -0.4 is 14.8 Å². The predicted molar refractivity (Wildman–Crippen MR) is 115 cm³/mol. The number of nitriles is 2. The Morgan fingerprint density at radius 1 is 0.839 bits per heavy atom. The van der Waals surface area contributed by atoms with Crippen LogP contribution in [-0.4, -0.2) is 11.9 Å². The van der Waals surface area contributed by atoms with Crippen molar-refractivity contribution in [3.05, 3.63) is 95.6 Å². The minimum absolute atomic E-state index is 0.105. The number of hydrogen-bond acceptors (Lipinski definition) is 5. The second kappa shape index (κ2) is 11.0. The number of ether oxygens (including phenoxy) is 2. The topological polar surface area (TPSA) is 95.1 Å². The van der Waals surface area contributed by atoms with Gasteiger partial charge in [0.1, 0.15) is 19.3 Å². The molecule has 0 aliphatic carbocycles. The molecule has 1 amide bonds. The zero-order chi connectivity index (χ0) is 21.9. The number of amides is 1. The Morgan fingerprint density at radius 3 is 2.03 bits per heavy atom. The summed E-state index contributed by atoms with van der Waals surface area (Å²) in [6.07, 6.45) is -0.105. The van der Waals surface area contributed by atoms with Gasteiger partial charge in [0.05, 0.1) is 24.1 Å². The van der Waals surface area contributed by atoms with Gasteiger partial charge in [0.2, 0.25) is 0 Å². The fourth-order valence-electron chi connectivity index (χ4n) is 2.88. The van der Waals surface area contributed by atoms with Crippen LogP contribution in [0.3, 0.4) is 0 Å². The normalized spacial score (nSPS) is 10.9. The van der Waals surface area contributed by atoms with Crippen molar-refractivity contribution in [1.29, 1.82) is 10.5 Å². The van der Waals surface area contributed by atoms with Gasteiger partial charge >= 0.3 is 0 Å². The first-order chi connectivity index (χ1) is 15.2. The molecule has 0 fully saturated rings. The van der Waals surface area contributed by atoms with E-state index in [1.54, 1.807) is 18.2 Å². The molecule has 1 N–H and O–H groups in total. The maximum atomic E-state index is 12.8. The van der Waals surface area contributed by atoms with Crippen LogP contribution in [0.15, 0.2) is 78.9 Å². The van der Waals surface area contributed by atoms with Crippen LogP contribution >= 0.6 is 0 Å². The molecule has 0 aromatic heterocycles. The van der Waals surface area contributed by atoms with Crippen LogP contribution in [0.5, 0.6) is 11.5 Å². The molecule has 6 nitrogen and oxygen atoms in total. The van der Waals surface area contributed by atoms with E-state index in [1.807, 2.05) is 72.8 Å². The van der Waals surface area contributed by atoms with E-state index in [1.165, 1.54) is 0 Å². The maximum Gasteiger partial charge on any atom is 0.256 e. The van der Waals surface area contributed by atoms with Crippen LogP contribution in [0, 0.1) is 22.7 Å². The first-order valence-corrected chi connectivity index (χ1v) is 9.75. The molecule has 1 unspecified atom stereocenters. The van der Waals surface area contributed by atoms with Crippen molar-refractivity contribution >= 4 is 5.91 Å². The van der Waals surface area contributed by atoms with E-state index >= 15 is 0 Å². The molecule has 0 aliphatic heterocycles. The van der Waals surface area contributed by atoms with Crippen LogP contribution in [-0.2, 0) is 13.2 Å². The molecule has 3 aromatic carbocycles. The quantitative estimate of drug-likeness (QED) is 0.564. The summed E-state index contributed by atoms with van der Waals surface area (Å²) in [7, 11) is 0. The van der Waals surface area contributed by atoms with Gasteiger partial charge in [-0.1, -0.05) is 66.7 Å². The van der Waals surface area contributed by atoms with Gasteiger partial charge in [0.15, 0.2) is 11.5 Å². The van der Waals surface area contributed by atoms with E-state index in [-0.39, 0.29) is 24.3 Å². The third-order valence-corrected chi connectivity index (χ3v) is 4.44. The summed E-state index contributed by atoms with van der Waals surface area (Å²) < 4.78 is 12.0. The van der Waals surface area contributed by atoms with Crippen molar-refractivity contribution in [2.24, 2.45) is 0 Å². The third-order valence-electron chi connectivity index (χ3n) is 4.44. The molecule has 3 rings (SSSR count). The Hall–Kier alpha value is -4.29. The number of nitrogens with one attached hydrogen (secondary N) is 1. The number of rotatable bonds is 9. The zero-order valence-electron chi connectivity index (χ0n) is 16.8. The number of hydrogen-bond donors (Lipinski definition) is 1. The highest BCUT2D eigenvalue weighted by atomic mass is 16.5. The monoisotopic (exact) mass is 411 g/mol. The summed E-state index contributed by atoms with van der Waals surface area (Å²) in [6.45, 7) is 0.551. The first-order valence-electron chi connectivity index (χ1n) is 9.75. The highest BCUT2D eigenvalue weighted by molar-refractivity contribution is 5.98. The van der Waals surface area contributed by atoms with E-state index in [2.05, 4.69) is 5.32 Å². The second-order valence-corrected chi connectivity index (χ2v) is 6.70. The highest BCUT2D eigenvalue weighted by Crippen LogP contribution is 2.33. The molecule has 0 spiro atoms. The molecule has 0 aliphatic rings. The lowest BCUT2D eigenvalue weighted by Crippen LogP contribution is -2.33. The molecule has 0 heterocycles. The highest BCUT2D eigenvalue weighted by Gasteiger charge is 2.20. The van der Waals surface area contributed by atoms with Crippen molar-refractivity contribution in [2.75, 3.05) is 0 Å². The number of para-hydroxylation sites is 1. The maximum absolute atomic E-state index is 12.8. The lowest BCUT2D eigenvalue weighted by atomic mass is 10.1.